The molecule has 98 valence electrons. The van der Waals surface area contributed by atoms with Crippen molar-refractivity contribution < 1.29 is 18.3 Å². The minimum Gasteiger partial charge on any atom is -0.488 e. The second-order valence-electron chi connectivity index (χ2n) is 4.09. The van der Waals surface area contributed by atoms with Crippen molar-refractivity contribution in [3.8, 4) is 5.75 Å². The molecule has 0 spiro atoms. The van der Waals surface area contributed by atoms with Crippen LogP contribution in [0.1, 0.15) is 22.8 Å². The van der Waals surface area contributed by atoms with Crippen LogP contribution >= 0.6 is 0 Å². The summed E-state index contributed by atoms with van der Waals surface area (Å²) in [6.45, 7) is 1.52. The standard InChI is InChI=1S/C15H12F2O2/c1-10(18)12-4-2-3-5-15(12)19-9-11-6-7-13(16)14(17)8-11/h2-8H,9H2,1H3. The second kappa shape index (κ2) is 5.61. The molecule has 0 atom stereocenters. The summed E-state index contributed by atoms with van der Waals surface area (Å²) >= 11 is 0. The van der Waals surface area contributed by atoms with Crippen molar-refractivity contribution in [2.24, 2.45) is 0 Å². The van der Waals surface area contributed by atoms with Crippen molar-refractivity contribution in [3.05, 3.63) is 65.2 Å². The van der Waals surface area contributed by atoms with Gasteiger partial charge in [0.2, 0.25) is 0 Å². The van der Waals surface area contributed by atoms with E-state index in [1.807, 2.05) is 0 Å². The van der Waals surface area contributed by atoms with Gasteiger partial charge < -0.3 is 4.74 Å². The molecule has 0 bridgehead atoms. The van der Waals surface area contributed by atoms with Crippen LogP contribution in [-0.4, -0.2) is 5.78 Å². The highest BCUT2D eigenvalue weighted by Crippen LogP contribution is 2.20. The third-order valence-corrected chi connectivity index (χ3v) is 2.64. The Morgan fingerprint density at radius 1 is 1.11 bits per heavy atom. The van der Waals surface area contributed by atoms with E-state index in [4.69, 9.17) is 4.74 Å². The van der Waals surface area contributed by atoms with Crippen molar-refractivity contribution in [2.75, 3.05) is 0 Å². The molecule has 2 aromatic rings. The molecule has 0 aliphatic rings. The molecule has 4 heteroatoms. The molecule has 2 aromatic carbocycles. The highest BCUT2D eigenvalue weighted by Gasteiger charge is 2.08. The first-order valence-electron chi connectivity index (χ1n) is 5.74. The van der Waals surface area contributed by atoms with Gasteiger partial charge in [0.1, 0.15) is 12.4 Å². The van der Waals surface area contributed by atoms with Gasteiger partial charge in [-0.2, -0.15) is 0 Å². The number of halogens is 2. The van der Waals surface area contributed by atoms with E-state index in [1.165, 1.54) is 13.0 Å². The highest BCUT2D eigenvalue weighted by atomic mass is 19.2. The van der Waals surface area contributed by atoms with Crippen LogP contribution in [0.5, 0.6) is 5.75 Å². The van der Waals surface area contributed by atoms with Crippen LogP contribution in [0.4, 0.5) is 8.78 Å². The molecule has 0 saturated carbocycles. The number of Topliss-reactive ketones (excluding diaryl/α,β-unsaturated/α-hetero) is 1. The van der Waals surface area contributed by atoms with E-state index in [0.717, 1.165) is 12.1 Å². The topological polar surface area (TPSA) is 26.3 Å². The number of rotatable bonds is 4. The van der Waals surface area contributed by atoms with Gasteiger partial charge in [-0.1, -0.05) is 18.2 Å². The molecule has 0 aliphatic carbocycles. The van der Waals surface area contributed by atoms with Gasteiger partial charge in [0.05, 0.1) is 5.56 Å². The Kier molecular flexibility index (Phi) is 3.90. The van der Waals surface area contributed by atoms with E-state index >= 15 is 0 Å². The summed E-state index contributed by atoms with van der Waals surface area (Å²) in [4.78, 5) is 11.4. The van der Waals surface area contributed by atoms with Crippen LogP contribution in [0, 0.1) is 11.6 Å². The smallest absolute Gasteiger partial charge is 0.163 e. The summed E-state index contributed by atoms with van der Waals surface area (Å²) in [5.74, 6) is -1.49. The van der Waals surface area contributed by atoms with Crippen molar-refractivity contribution in [1.82, 2.24) is 0 Å². The Balaban J connectivity index is 2.14. The average Bonchev–Trinajstić information content (AvgIpc) is 2.40. The molecular formula is C15H12F2O2. The molecular weight excluding hydrogens is 250 g/mol. The van der Waals surface area contributed by atoms with Crippen LogP contribution in [-0.2, 0) is 6.61 Å². The number of ketones is 1. The second-order valence-corrected chi connectivity index (χ2v) is 4.09. The minimum atomic E-state index is -0.916. The van der Waals surface area contributed by atoms with Crippen LogP contribution in [0.15, 0.2) is 42.5 Å². The molecule has 0 radical (unpaired) electrons. The first-order valence-corrected chi connectivity index (χ1v) is 5.74. The van der Waals surface area contributed by atoms with Gasteiger partial charge in [-0.05, 0) is 36.8 Å². The Labute approximate surface area is 109 Å². The van der Waals surface area contributed by atoms with Gasteiger partial charge in [0.15, 0.2) is 17.4 Å². The summed E-state index contributed by atoms with van der Waals surface area (Å²) in [5.41, 5.74) is 0.960. The molecule has 19 heavy (non-hydrogen) atoms. The third kappa shape index (κ3) is 3.16. The van der Waals surface area contributed by atoms with Gasteiger partial charge in [-0.15, -0.1) is 0 Å². The number of carbonyl (C=O) groups is 1. The molecule has 0 heterocycles. The number of hydrogen-bond acceptors (Lipinski definition) is 2. The van der Waals surface area contributed by atoms with E-state index in [9.17, 15) is 13.6 Å². The maximum Gasteiger partial charge on any atom is 0.163 e. The fourth-order valence-electron chi connectivity index (χ4n) is 1.67. The normalized spacial score (nSPS) is 10.3. The van der Waals surface area contributed by atoms with Crippen LogP contribution in [0.25, 0.3) is 0 Å². The largest absolute Gasteiger partial charge is 0.488 e. The molecule has 0 saturated heterocycles. The zero-order valence-corrected chi connectivity index (χ0v) is 10.3. The third-order valence-electron chi connectivity index (χ3n) is 2.64. The molecule has 0 N–H and O–H groups in total. The fraction of sp³-hybridized carbons (Fsp3) is 0.133. The number of para-hydroxylation sites is 1. The number of carbonyl (C=O) groups excluding carboxylic acids is 1. The summed E-state index contributed by atoms with van der Waals surface area (Å²) in [5, 5.41) is 0. The predicted octanol–water partition coefficient (Wildman–Crippen LogP) is 3.75. The average molecular weight is 262 g/mol. The predicted molar refractivity (Wildman–Crippen MR) is 67.1 cm³/mol. The van der Waals surface area contributed by atoms with Crippen LogP contribution in [0.2, 0.25) is 0 Å². The van der Waals surface area contributed by atoms with Crippen LogP contribution < -0.4 is 4.74 Å². The Morgan fingerprint density at radius 2 is 1.84 bits per heavy atom. The van der Waals surface area contributed by atoms with E-state index in [0.29, 0.717) is 16.9 Å². The molecule has 0 fully saturated rings. The lowest BCUT2D eigenvalue weighted by molar-refractivity contribution is 0.101. The number of hydrogen-bond donors (Lipinski definition) is 0. The monoisotopic (exact) mass is 262 g/mol. The van der Waals surface area contributed by atoms with Gasteiger partial charge in [0, 0.05) is 0 Å². The number of benzene rings is 2. The maximum atomic E-state index is 13.0. The summed E-state index contributed by atoms with van der Waals surface area (Å²) < 4.78 is 31.3. The van der Waals surface area contributed by atoms with Crippen LogP contribution in [0.3, 0.4) is 0 Å². The lowest BCUT2D eigenvalue weighted by Crippen LogP contribution is -2.02. The molecule has 0 unspecified atom stereocenters. The SMILES string of the molecule is CC(=O)c1ccccc1OCc1ccc(F)c(F)c1. The van der Waals surface area contributed by atoms with E-state index in [1.54, 1.807) is 24.3 Å². The van der Waals surface area contributed by atoms with Crippen molar-refractivity contribution >= 4 is 5.78 Å². The first-order chi connectivity index (χ1) is 9.08. The molecule has 0 aliphatic heterocycles. The zero-order valence-electron chi connectivity index (χ0n) is 10.3. The minimum absolute atomic E-state index is 0.0709. The summed E-state index contributed by atoms with van der Waals surface area (Å²) in [7, 11) is 0. The van der Waals surface area contributed by atoms with Gasteiger partial charge >= 0.3 is 0 Å². The Bertz CT molecular complexity index is 609. The summed E-state index contributed by atoms with van der Waals surface area (Å²) in [6.07, 6.45) is 0. The van der Waals surface area contributed by atoms with Gasteiger partial charge in [-0.3, -0.25) is 4.79 Å². The molecule has 2 rings (SSSR count). The van der Waals surface area contributed by atoms with E-state index in [-0.39, 0.29) is 12.4 Å². The fourth-order valence-corrected chi connectivity index (χ4v) is 1.67. The van der Waals surface area contributed by atoms with Crippen molar-refractivity contribution in [1.29, 1.82) is 0 Å². The molecule has 0 amide bonds. The highest BCUT2D eigenvalue weighted by molar-refractivity contribution is 5.96. The Hall–Kier alpha value is -2.23. The van der Waals surface area contributed by atoms with Gasteiger partial charge in [-0.25, -0.2) is 8.78 Å². The van der Waals surface area contributed by atoms with Crippen molar-refractivity contribution in [3.63, 3.8) is 0 Å². The molecule has 0 aromatic heterocycles. The van der Waals surface area contributed by atoms with Gasteiger partial charge in [0.25, 0.3) is 0 Å². The Morgan fingerprint density at radius 3 is 2.53 bits per heavy atom. The quantitative estimate of drug-likeness (QED) is 0.784. The first kappa shape index (κ1) is 13.2. The zero-order chi connectivity index (χ0) is 13.8. The van der Waals surface area contributed by atoms with Crippen molar-refractivity contribution in [2.45, 2.75) is 13.5 Å². The lowest BCUT2D eigenvalue weighted by Gasteiger charge is -2.09. The van der Waals surface area contributed by atoms with E-state index in [2.05, 4.69) is 0 Å². The maximum absolute atomic E-state index is 13.0. The number of ether oxygens (including phenoxy) is 1. The van der Waals surface area contributed by atoms with E-state index < -0.39 is 11.6 Å². The lowest BCUT2D eigenvalue weighted by atomic mass is 10.1. The molecule has 2 nitrogen and oxygen atoms in total. The summed E-state index contributed by atoms with van der Waals surface area (Å²) in [6, 6.07) is 10.4.